The minimum absolute atomic E-state index is 0.0874. The second kappa shape index (κ2) is 5.38. The van der Waals surface area contributed by atoms with Gasteiger partial charge in [-0.05, 0) is 24.7 Å². The Labute approximate surface area is 112 Å². The van der Waals surface area contributed by atoms with Crippen LogP contribution in [0.4, 0.5) is 17.3 Å². The monoisotopic (exact) mass is 265 g/mol. The molecule has 19 heavy (non-hydrogen) atoms. The fraction of sp³-hybridized carbons (Fsp3) is 0.667. The van der Waals surface area contributed by atoms with Crippen LogP contribution in [-0.4, -0.2) is 28.5 Å². The zero-order valence-corrected chi connectivity index (χ0v) is 11.3. The Morgan fingerprint density at radius 1 is 1.42 bits per heavy atom. The smallest absolute Gasteiger partial charge is 0.353 e. The minimum Gasteiger partial charge on any atom is -0.367 e. The average Bonchev–Trinajstić information content (AvgIpc) is 2.37. The number of hydrogen-bond donors (Lipinski definition) is 2. The van der Waals surface area contributed by atoms with Crippen molar-refractivity contribution in [3.05, 3.63) is 16.4 Å². The van der Waals surface area contributed by atoms with E-state index in [1.807, 2.05) is 0 Å². The number of nitrogens with one attached hydrogen (secondary N) is 2. The highest BCUT2D eigenvalue weighted by molar-refractivity contribution is 5.69. The van der Waals surface area contributed by atoms with Crippen LogP contribution in [0.1, 0.15) is 32.6 Å². The van der Waals surface area contributed by atoms with E-state index in [1.165, 1.54) is 25.6 Å². The fourth-order valence-electron chi connectivity index (χ4n) is 2.47. The highest BCUT2D eigenvalue weighted by atomic mass is 16.6. The van der Waals surface area contributed by atoms with E-state index in [9.17, 15) is 10.1 Å². The quantitative estimate of drug-likeness (QED) is 0.606. The van der Waals surface area contributed by atoms with Crippen LogP contribution in [0.2, 0.25) is 0 Å². The van der Waals surface area contributed by atoms with Gasteiger partial charge in [-0.3, -0.25) is 10.1 Å². The molecule has 1 saturated carbocycles. The van der Waals surface area contributed by atoms with Crippen molar-refractivity contribution in [2.45, 2.75) is 32.6 Å². The van der Waals surface area contributed by atoms with E-state index in [4.69, 9.17) is 0 Å². The maximum absolute atomic E-state index is 11.1. The lowest BCUT2D eigenvalue weighted by Crippen LogP contribution is -2.36. The Hall–Kier alpha value is -1.92. The molecule has 104 valence electrons. The molecule has 0 atom stereocenters. The van der Waals surface area contributed by atoms with E-state index in [1.54, 1.807) is 7.05 Å². The first-order valence-corrected chi connectivity index (χ1v) is 6.53. The molecule has 0 unspecified atom stereocenters. The maximum atomic E-state index is 11.1. The summed E-state index contributed by atoms with van der Waals surface area (Å²) < 4.78 is 0. The molecule has 7 heteroatoms. The molecule has 1 aliphatic carbocycles. The van der Waals surface area contributed by atoms with E-state index in [-0.39, 0.29) is 16.9 Å². The van der Waals surface area contributed by atoms with Crippen molar-refractivity contribution >= 4 is 17.3 Å². The first kappa shape index (κ1) is 13.5. The third-order valence-electron chi connectivity index (χ3n) is 4.04. The Balaban J connectivity index is 2.18. The van der Waals surface area contributed by atoms with E-state index >= 15 is 0 Å². The lowest BCUT2D eigenvalue weighted by Gasteiger charge is -2.41. The number of rotatable bonds is 6. The fourth-order valence-corrected chi connectivity index (χ4v) is 2.47. The van der Waals surface area contributed by atoms with Gasteiger partial charge in [0.1, 0.15) is 6.33 Å². The molecule has 0 radical (unpaired) electrons. The van der Waals surface area contributed by atoms with Gasteiger partial charge >= 0.3 is 5.69 Å². The molecule has 2 N–H and O–H groups in total. The van der Waals surface area contributed by atoms with Crippen molar-refractivity contribution in [1.82, 2.24) is 9.97 Å². The Morgan fingerprint density at radius 2 is 2.11 bits per heavy atom. The number of hydrogen-bond acceptors (Lipinski definition) is 6. The molecule has 1 aromatic rings. The van der Waals surface area contributed by atoms with Crippen LogP contribution in [-0.2, 0) is 0 Å². The van der Waals surface area contributed by atoms with E-state index in [2.05, 4.69) is 27.5 Å². The van der Waals surface area contributed by atoms with Crippen molar-refractivity contribution in [1.29, 1.82) is 0 Å². The second-order valence-electron chi connectivity index (χ2n) is 4.99. The van der Waals surface area contributed by atoms with Crippen molar-refractivity contribution in [3.63, 3.8) is 0 Å². The van der Waals surface area contributed by atoms with Gasteiger partial charge in [-0.1, -0.05) is 13.3 Å². The van der Waals surface area contributed by atoms with Crippen LogP contribution in [0.5, 0.6) is 0 Å². The summed E-state index contributed by atoms with van der Waals surface area (Å²) in [4.78, 5) is 18.5. The lowest BCUT2D eigenvalue weighted by atomic mass is 9.67. The van der Waals surface area contributed by atoms with E-state index in [0.29, 0.717) is 5.82 Å². The molecule has 0 aliphatic heterocycles. The number of nitrogens with zero attached hydrogens (tertiary/aromatic N) is 3. The summed E-state index contributed by atoms with van der Waals surface area (Å²) in [6.45, 7) is 2.89. The highest BCUT2D eigenvalue weighted by Gasteiger charge is 2.35. The van der Waals surface area contributed by atoms with Gasteiger partial charge in [0.15, 0.2) is 0 Å². The normalized spacial score (nSPS) is 16.5. The molecule has 0 aromatic carbocycles. The van der Waals surface area contributed by atoms with Crippen molar-refractivity contribution in [2.75, 3.05) is 24.2 Å². The van der Waals surface area contributed by atoms with E-state index < -0.39 is 4.92 Å². The van der Waals surface area contributed by atoms with Gasteiger partial charge in [0.05, 0.1) is 4.92 Å². The van der Waals surface area contributed by atoms with Gasteiger partial charge in [0.25, 0.3) is 0 Å². The molecule has 0 spiro atoms. The van der Waals surface area contributed by atoms with Gasteiger partial charge in [0.2, 0.25) is 11.6 Å². The standard InChI is InChI=1S/C12H19N5O2/c1-3-12(5-4-6-12)7-14-11-9(17(18)19)10(13-2)15-8-16-11/h8H,3-7H2,1-2H3,(H2,13,14,15,16). The van der Waals surface area contributed by atoms with Gasteiger partial charge in [-0.2, -0.15) is 0 Å². The summed E-state index contributed by atoms with van der Waals surface area (Å²) in [6.07, 6.45) is 6.00. The first-order chi connectivity index (χ1) is 9.12. The predicted molar refractivity (Wildman–Crippen MR) is 73.3 cm³/mol. The van der Waals surface area contributed by atoms with Crippen LogP contribution in [0, 0.1) is 15.5 Å². The molecular weight excluding hydrogens is 246 g/mol. The van der Waals surface area contributed by atoms with Gasteiger partial charge in [0, 0.05) is 13.6 Å². The number of anilines is 2. The number of aromatic nitrogens is 2. The van der Waals surface area contributed by atoms with Crippen LogP contribution >= 0.6 is 0 Å². The molecule has 0 amide bonds. The average molecular weight is 265 g/mol. The molecule has 1 aliphatic rings. The lowest BCUT2D eigenvalue weighted by molar-refractivity contribution is -0.383. The molecule has 0 saturated heterocycles. The summed E-state index contributed by atoms with van der Waals surface area (Å²) in [5, 5.41) is 17.0. The van der Waals surface area contributed by atoms with Gasteiger partial charge < -0.3 is 10.6 Å². The zero-order valence-electron chi connectivity index (χ0n) is 11.3. The third-order valence-corrected chi connectivity index (χ3v) is 4.04. The maximum Gasteiger partial charge on any atom is 0.353 e. The summed E-state index contributed by atoms with van der Waals surface area (Å²) >= 11 is 0. The van der Waals surface area contributed by atoms with Crippen LogP contribution in [0.25, 0.3) is 0 Å². The minimum atomic E-state index is -0.451. The molecule has 1 heterocycles. The Bertz CT molecular complexity index is 468. The third kappa shape index (κ3) is 2.59. The molecule has 1 aromatic heterocycles. The molecule has 0 bridgehead atoms. The van der Waals surface area contributed by atoms with E-state index in [0.717, 1.165) is 13.0 Å². The Kier molecular flexibility index (Phi) is 3.82. The number of nitro groups is 1. The van der Waals surface area contributed by atoms with Crippen molar-refractivity contribution in [2.24, 2.45) is 5.41 Å². The second-order valence-corrected chi connectivity index (χ2v) is 4.99. The largest absolute Gasteiger partial charge is 0.367 e. The van der Waals surface area contributed by atoms with Gasteiger partial charge in [-0.25, -0.2) is 9.97 Å². The van der Waals surface area contributed by atoms with Crippen LogP contribution in [0.15, 0.2) is 6.33 Å². The molecular formula is C12H19N5O2. The van der Waals surface area contributed by atoms with Crippen molar-refractivity contribution in [3.8, 4) is 0 Å². The predicted octanol–water partition coefficient (Wildman–Crippen LogP) is 2.42. The van der Waals surface area contributed by atoms with Gasteiger partial charge in [-0.15, -0.1) is 0 Å². The highest BCUT2D eigenvalue weighted by Crippen LogP contribution is 2.44. The Morgan fingerprint density at radius 3 is 2.58 bits per heavy atom. The zero-order chi connectivity index (χ0) is 13.9. The summed E-state index contributed by atoms with van der Waals surface area (Å²) in [6, 6.07) is 0. The summed E-state index contributed by atoms with van der Waals surface area (Å²) in [5.74, 6) is 0.533. The molecule has 7 nitrogen and oxygen atoms in total. The topological polar surface area (TPSA) is 93.0 Å². The SMILES string of the molecule is CCC1(CNc2ncnc(NC)c2[N+](=O)[O-])CCC1. The first-order valence-electron chi connectivity index (χ1n) is 6.53. The van der Waals surface area contributed by atoms with Crippen LogP contribution < -0.4 is 10.6 Å². The molecule has 1 fully saturated rings. The molecule has 2 rings (SSSR count). The summed E-state index contributed by atoms with van der Waals surface area (Å²) in [7, 11) is 1.61. The van der Waals surface area contributed by atoms with Crippen molar-refractivity contribution < 1.29 is 4.92 Å². The van der Waals surface area contributed by atoms with Crippen LogP contribution in [0.3, 0.4) is 0 Å². The summed E-state index contributed by atoms with van der Waals surface area (Å²) in [5.41, 5.74) is 0.189.